The van der Waals surface area contributed by atoms with Gasteiger partial charge in [-0.3, -0.25) is 4.29 Å². The average Bonchev–Trinajstić information content (AvgIpc) is 2.30. The fourth-order valence-electron chi connectivity index (χ4n) is 1.67. The van der Waals surface area contributed by atoms with Crippen molar-refractivity contribution in [3.8, 4) is 0 Å². The van der Waals surface area contributed by atoms with Crippen molar-refractivity contribution in [2.45, 2.75) is 6.23 Å². The SMILES string of the molecule is ClOC1CNCCN1c1ccccc1. The van der Waals surface area contributed by atoms with E-state index >= 15 is 0 Å². The van der Waals surface area contributed by atoms with Gasteiger partial charge in [0.25, 0.3) is 0 Å². The summed E-state index contributed by atoms with van der Waals surface area (Å²) >= 11 is 5.44. The zero-order valence-electron chi connectivity index (χ0n) is 7.82. The molecule has 14 heavy (non-hydrogen) atoms. The second kappa shape index (κ2) is 4.64. The summed E-state index contributed by atoms with van der Waals surface area (Å²) in [5.41, 5.74) is 1.15. The van der Waals surface area contributed by atoms with Crippen molar-refractivity contribution >= 4 is 17.6 Å². The average molecular weight is 213 g/mol. The molecule has 0 radical (unpaired) electrons. The lowest BCUT2D eigenvalue weighted by molar-refractivity contribution is 0.194. The van der Waals surface area contributed by atoms with E-state index in [1.54, 1.807) is 0 Å². The number of anilines is 1. The molecule has 1 fully saturated rings. The predicted molar refractivity (Wildman–Crippen MR) is 57.4 cm³/mol. The van der Waals surface area contributed by atoms with Gasteiger partial charge >= 0.3 is 0 Å². The monoisotopic (exact) mass is 212 g/mol. The minimum absolute atomic E-state index is 0.0761. The van der Waals surface area contributed by atoms with Gasteiger partial charge in [0.1, 0.15) is 0 Å². The van der Waals surface area contributed by atoms with Crippen LogP contribution in [0.15, 0.2) is 30.3 Å². The molecule has 1 aromatic carbocycles. The van der Waals surface area contributed by atoms with Crippen LogP contribution in [0.5, 0.6) is 0 Å². The summed E-state index contributed by atoms with van der Waals surface area (Å²) in [6.07, 6.45) is -0.0761. The highest BCUT2D eigenvalue weighted by Crippen LogP contribution is 2.18. The zero-order valence-corrected chi connectivity index (χ0v) is 8.57. The van der Waals surface area contributed by atoms with Crippen molar-refractivity contribution in [1.29, 1.82) is 0 Å². The number of hydrogen-bond donors (Lipinski definition) is 1. The molecule has 1 heterocycles. The standard InChI is InChI=1S/C10H13ClN2O/c11-14-10-8-12-6-7-13(10)9-4-2-1-3-5-9/h1-5,10,12H,6-8H2. The van der Waals surface area contributed by atoms with Crippen molar-refractivity contribution in [1.82, 2.24) is 5.32 Å². The Morgan fingerprint density at radius 1 is 1.36 bits per heavy atom. The highest BCUT2D eigenvalue weighted by molar-refractivity contribution is 6.07. The Morgan fingerprint density at radius 2 is 2.14 bits per heavy atom. The molecule has 3 nitrogen and oxygen atoms in total. The lowest BCUT2D eigenvalue weighted by Gasteiger charge is -2.35. The third-order valence-corrected chi connectivity index (χ3v) is 2.59. The van der Waals surface area contributed by atoms with Crippen LogP contribution in [0.4, 0.5) is 5.69 Å². The fraction of sp³-hybridized carbons (Fsp3) is 0.400. The van der Waals surface area contributed by atoms with Crippen LogP contribution in [-0.4, -0.2) is 25.9 Å². The van der Waals surface area contributed by atoms with Crippen molar-refractivity contribution in [2.24, 2.45) is 0 Å². The maximum Gasteiger partial charge on any atom is 0.163 e. The second-order valence-electron chi connectivity index (χ2n) is 3.28. The van der Waals surface area contributed by atoms with E-state index in [0.717, 1.165) is 25.3 Å². The molecule has 2 rings (SSSR count). The Bertz CT molecular complexity index is 281. The molecule has 1 saturated heterocycles. The highest BCUT2D eigenvalue weighted by atomic mass is 35.5. The Hall–Kier alpha value is -0.770. The summed E-state index contributed by atoms with van der Waals surface area (Å²) in [7, 11) is 0. The Labute approximate surface area is 88.8 Å². The summed E-state index contributed by atoms with van der Waals surface area (Å²) < 4.78 is 4.89. The van der Waals surface area contributed by atoms with Crippen LogP contribution in [0.2, 0.25) is 0 Å². The first-order valence-electron chi connectivity index (χ1n) is 4.71. The number of nitrogens with zero attached hydrogens (tertiary/aromatic N) is 1. The van der Waals surface area contributed by atoms with Gasteiger partial charge in [0.2, 0.25) is 0 Å². The van der Waals surface area contributed by atoms with Gasteiger partial charge in [-0.05, 0) is 12.1 Å². The number of benzene rings is 1. The van der Waals surface area contributed by atoms with Crippen molar-refractivity contribution in [3.05, 3.63) is 30.3 Å². The number of rotatable bonds is 2. The number of halogens is 1. The van der Waals surface area contributed by atoms with E-state index in [4.69, 9.17) is 16.2 Å². The molecular formula is C10H13ClN2O. The molecule has 0 amide bonds. The number of nitrogens with one attached hydrogen (secondary N) is 1. The number of hydrogen-bond acceptors (Lipinski definition) is 3. The van der Waals surface area contributed by atoms with Crippen LogP contribution >= 0.6 is 11.9 Å². The summed E-state index contributed by atoms with van der Waals surface area (Å²) in [6.45, 7) is 2.64. The Balaban J connectivity index is 2.15. The van der Waals surface area contributed by atoms with Crippen molar-refractivity contribution in [2.75, 3.05) is 24.5 Å². The lowest BCUT2D eigenvalue weighted by Crippen LogP contribution is -2.51. The van der Waals surface area contributed by atoms with Crippen LogP contribution in [0.25, 0.3) is 0 Å². The summed E-state index contributed by atoms with van der Waals surface area (Å²) in [5.74, 6) is 0. The minimum atomic E-state index is -0.0761. The van der Waals surface area contributed by atoms with E-state index in [0.29, 0.717) is 0 Å². The number of piperazine rings is 1. The van der Waals surface area contributed by atoms with Crippen LogP contribution in [0, 0.1) is 0 Å². The van der Waals surface area contributed by atoms with Crippen LogP contribution in [-0.2, 0) is 4.29 Å². The van der Waals surface area contributed by atoms with Gasteiger partial charge in [-0.15, -0.1) is 0 Å². The van der Waals surface area contributed by atoms with Gasteiger partial charge in [0, 0.05) is 25.3 Å². The van der Waals surface area contributed by atoms with Crippen molar-refractivity contribution < 1.29 is 4.29 Å². The molecule has 1 atom stereocenters. The highest BCUT2D eigenvalue weighted by Gasteiger charge is 2.22. The molecule has 4 heteroatoms. The van der Waals surface area contributed by atoms with Crippen LogP contribution < -0.4 is 10.2 Å². The first kappa shape index (κ1) is 9.77. The quantitative estimate of drug-likeness (QED) is 0.806. The van der Waals surface area contributed by atoms with E-state index in [2.05, 4.69) is 22.3 Å². The van der Waals surface area contributed by atoms with E-state index in [1.165, 1.54) is 0 Å². The van der Waals surface area contributed by atoms with E-state index in [-0.39, 0.29) is 6.23 Å². The molecule has 0 spiro atoms. The van der Waals surface area contributed by atoms with Gasteiger partial charge in [0.05, 0.1) is 11.9 Å². The van der Waals surface area contributed by atoms with Gasteiger partial charge in [-0.1, -0.05) is 18.2 Å². The van der Waals surface area contributed by atoms with E-state index in [1.807, 2.05) is 18.2 Å². The molecule has 1 unspecified atom stereocenters. The Morgan fingerprint density at radius 3 is 2.86 bits per heavy atom. The van der Waals surface area contributed by atoms with Gasteiger partial charge in [-0.2, -0.15) is 0 Å². The predicted octanol–water partition coefficient (Wildman–Crippen LogP) is 1.59. The minimum Gasteiger partial charge on any atom is -0.342 e. The topological polar surface area (TPSA) is 24.5 Å². The summed E-state index contributed by atoms with van der Waals surface area (Å²) in [5, 5.41) is 3.23. The molecular weight excluding hydrogens is 200 g/mol. The lowest BCUT2D eigenvalue weighted by atomic mass is 10.2. The normalized spacial score (nSPS) is 22.4. The molecule has 0 aliphatic carbocycles. The number of para-hydroxylation sites is 1. The first-order chi connectivity index (χ1) is 6.92. The third kappa shape index (κ3) is 2.00. The molecule has 1 N–H and O–H groups in total. The molecule has 1 aliphatic heterocycles. The maximum absolute atomic E-state index is 5.44. The van der Waals surface area contributed by atoms with Gasteiger partial charge in [0.15, 0.2) is 6.23 Å². The molecule has 1 aromatic rings. The largest absolute Gasteiger partial charge is 0.342 e. The molecule has 0 bridgehead atoms. The molecule has 0 aromatic heterocycles. The smallest absolute Gasteiger partial charge is 0.163 e. The van der Waals surface area contributed by atoms with Gasteiger partial charge in [-0.25, -0.2) is 0 Å². The summed E-state index contributed by atoms with van der Waals surface area (Å²) in [4.78, 5) is 2.16. The second-order valence-corrected chi connectivity index (χ2v) is 3.45. The summed E-state index contributed by atoms with van der Waals surface area (Å²) in [6, 6.07) is 10.2. The third-order valence-electron chi connectivity index (χ3n) is 2.39. The molecule has 1 aliphatic rings. The van der Waals surface area contributed by atoms with E-state index < -0.39 is 0 Å². The van der Waals surface area contributed by atoms with Crippen molar-refractivity contribution in [3.63, 3.8) is 0 Å². The van der Waals surface area contributed by atoms with Gasteiger partial charge < -0.3 is 10.2 Å². The zero-order chi connectivity index (χ0) is 9.80. The van der Waals surface area contributed by atoms with Crippen LogP contribution in [0.1, 0.15) is 0 Å². The first-order valence-corrected chi connectivity index (χ1v) is 5.02. The fourth-order valence-corrected chi connectivity index (χ4v) is 1.83. The van der Waals surface area contributed by atoms with Crippen LogP contribution in [0.3, 0.4) is 0 Å². The maximum atomic E-state index is 5.44. The molecule has 76 valence electrons. The molecule has 0 saturated carbocycles. The van der Waals surface area contributed by atoms with E-state index in [9.17, 15) is 0 Å². The Kier molecular flexibility index (Phi) is 3.24.